The van der Waals surface area contributed by atoms with Crippen molar-refractivity contribution in [3.05, 3.63) is 22.7 Å². The van der Waals surface area contributed by atoms with Gasteiger partial charge in [0.25, 0.3) is 0 Å². The quantitative estimate of drug-likeness (QED) is 0.595. The van der Waals surface area contributed by atoms with Gasteiger partial charge in [0.1, 0.15) is 5.01 Å². The molecule has 3 nitrogen and oxygen atoms in total. The molecule has 0 unspecified atom stereocenters. The van der Waals surface area contributed by atoms with Gasteiger partial charge in [-0.15, -0.1) is 11.3 Å². The van der Waals surface area contributed by atoms with E-state index < -0.39 is 0 Å². The Bertz CT molecular complexity index is 430. The average Bonchev–Trinajstić information content (AvgIpc) is 3.23. The van der Waals surface area contributed by atoms with Crippen molar-refractivity contribution in [1.29, 1.82) is 0 Å². The van der Waals surface area contributed by atoms with Gasteiger partial charge in [0.05, 0.1) is 6.61 Å². The first-order valence-electron chi connectivity index (χ1n) is 6.03. The highest BCUT2D eigenvalue weighted by molar-refractivity contribution is 7.10. The number of hydrogen-bond acceptors (Lipinski definition) is 4. The number of carbonyl (C=O) groups is 1. The maximum Gasteiger partial charge on any atom is 0.330 e. The molecule has 0 radical (unpaired) electrons. The summed E-state index contributed by atoms with van der Waals surface area (Å²) in [7, 11) is 0. The summed E-state index contributed by atoms with van der Waals surface area (Å²) in [5.74, 6) is 0.588. The molecule has 2 fully saturated rings. The Kier molecular flexibility index (Phi) is 2.74. The predicted molar refractivity (Wildman–Crippen MR) is 66.5 cm³/mol. The topological polar surface area (TPSA) is 39.2 Å². The first-order chi connectivity index (χ1) is 8.28. The SMILES string of the molecule is O=C(/C=C/c1nccs1)OCC1(C2CC2)CC1. The third-order valence-corrected chi connectivity index (χ3v) is 4.39. The monoisotopic (exact) mass is 249 g/mol. The molecule has 1 heterocycles. The Morgan fingerprint density at radius 3 is 3.00 bits per heavy atom. The number of thiazole rings is 1. The zero-order valence-corrected chi connectivity index (χ0v) is 10.4. The average molecular weight is 249 g/mol. The van der Waals surface area contributed by atoms with Crippen LogP contribution in [0.2, 0.25) is 0 Å². The van der Waals surface area contributed by atoms with Gasteiger partial charge in [-0.2, -0.15) is 0 Å². The van der Waals surface area contributed by atoms with E-state index in [1.807, 2.05) is 5.38 Å². The van der Waals surface area contributed by atoms with Gasteiger partial charge < -0.3 is 4.74 Å². The second-order valence-electron chi connectivity index (χ2n) is 4.95. The molecular formula is C13H15NO2S. The van der Waals surface area contributed by atoms with Crippen molar-refractivity contribution in [3.8, 4) is 0 Å². The van der Waals surface area contributed by atoms with Crippen molar-refractivity contribution in [2.75, 3.05) is 6.61 Å². The van der Waals surface area contributed by atoms with Crippen molar-refractivity contribution >= 4 is 23.4 Å². The molecule has 2 aliphatic rings. The van der Waals surface area contributed by atoms with Crippen LogP contribution in [0, 0.1) is 11.3 Å². The van der Waals surface area contributed by atoms with E-state index in [9.17, 15) is 4.79 Å². The minimum Gasteiger partial charge on any atom is -0.462 e. The summed E-state index contributed by atoms with van der Waals surface area (Å²) in [4.78, 5) is 15.6. The number of aromatic nitrogens is 1. The fraction of sp³-hybridized carbons (Fsp3) is 0.538. The number of ether oxygens (including phenoxy) is 1. The Hall–Kier alpha value is -1.16. The summed E-state index contributed by atoms with van der Waals surface area (Å²) in [5, 5.41) is 2.72. The van der Waals surface area contributed by atoms with Crippen LogP contribution in [0.15, 0.2) is 17.7 Å². The molecule has 3 rings (SSSR count). The highest BCUT2D eigenvalue weighted by Gasteiger charge is 2.54. The lowest BCUT2D eigenvalue weighted by Gasteiger charge is -2.12. The highest BCUT2D eigenvalue weighted by Crippen LogP contribution is 2.61. The lowest BCUT2D eigenvalue weighted by Crippen LogP contribution is -2.15. The number of nitrogens with zero attached hydrogens (tertiary/aromatic N) is 1. The molecule has 0 N–H and O–H groups in total. The van der Waals surface area contributed by atoms with Gasteiger partial charge >= 0.3 is 5.97 Å². The zero-order chi connectivity index (χ0) is 11.7. The predicted octanol–water partition coefficient (Wildman–Crippen LogP) is 2.89. The summed E-state index contributed by atoms with van der Waals surface area (Å²) in [6.07, 6.45) is 10.0. The van der Waals surface area contributed by atoms with Crippen molar-refractivity contribution in [3.63, 3.8) is 0 Å². The van der Waals surface area contributed by atoms with Crippen LogP contribution in [-0.2, 0) is 9.53 Å². The minimum absolute atomic E-state index is 0.243. The molecule has 0 atom stereocenters. The van der Waals surface area contributed by atoms with Gasteiger partial charge in [0.15, 0.2) is 0 Å². The first kappa shape index (κ1) is 11.0. The van der Waals surface area contributed by atoms with E-state index in [-0.39, 0.29) is 5.97 Å². The van der Waals surface area contributed by atoms with E-state index in [0.717, 1.165) is 10.9 Å². The number of hydrogen-bond donors (Lipinski definition) is 0. The fourth-order valence-electron chi connectivity index (χ4n) is 2.25. The summed E-state index contributed by atoms with van der Waals surface area (Å²) in [5.41, 5.74) is 0.366. The van der Waals surface area contributed by atoms with Gasteiger partial charge in [-0.25, -0.2) is 9.78 Å². The molecule has 2 aliphatic carbocycles. The summed E-state index contributed by atoms with van der Waals surface area (Å²) in [6, 6.07) is 0. The van der Waals surface area contributed by atoms with E-state index in [4.69, 9.17) is 4.74 Å². The van der Waals surface area contributed by atoms with Crippen molar-refractivity contribution in [1.82, 2.24) is 4.98 Å². The summed E-state index contributed by atoms with van der Waals surface area (Å²) >= 11 is 1.51. The van der Waals surface area contributed by atoms with E-state index in [1.165, 1.54) is 43.1 Å². The molecule has 90 valence electrons. The van der Waals surface area contributed by atoms with Crippen LogP contribution < -0.4 is 0 Å². The molecule has 0 saturated heterocycles. The maximum atomic E-state index is 11.5. The van der Waals surface area contributed by atoms with E-state index in [2.05, 4.69) is 4.98 Å². The Labute approximate surface area is 105 Å². The lowest BCUT2D eigenvalue weighted by atomic mass is 10.0. The van der Waals surface area contributed by atoms with Gasteiger partial charge in [0.2, 0.25) is 0 Å². The van der Waals surface area contributed by atoms with Crippen LogP contribution in [0.25, 0.3) is 6.08 Å². The first-order valence-corrected chi connectivity index (χ1v) is 6.91. The van der Waals surface area contributed by atoms with Crippen LogP contribution in [0.3, 0.4) is 0 Å². The summed E-state index contributed by atoms with van der Waals surface area (Å²) in [6.45, 7) is 0.610. The van der Waals surface area contributed by atoms with Crippen LogP contribution >= 0.6 is 11.3 Å². The normalized spacial score (nSPS) is 21.6. The second-order valence-corrected chi connectivity index (χ2v) is 5.87. The van der Waals surface area contributed by atoms with Gasteiger partial charge in [-0.1, -0.05) is 0 Å². The molecule has 0 bridgehead atoms. The van der Waals surface area contributed by atoms with Crippen LogP contribution in [0.1, 0.15) is 30.7 Å². The maximum absolute atomic E-state index is 11.5. The number of esters is 1. The molecule has 4 heteroatoms. The van der Waals surface area contributed by atoms with Crippen LogP contribution in [0.4, 0.5) is 0 Å². The molecule has 0 amide bonds. The minimum atomic E-state index is -0.243. The fourth-order valence-corrected chi connectivity index (χ4v) is 2.78. The molecule has 1 aromatic rings. The van der Waals surface area contributed by atoms with Gasteiger partial charge in [-0.05, 0) is 37.7 Å². The van der Waals surface area contributed by atoms with Crippen LogP contribution in [-0.4, -0.2) is 17.6 Å². The van der Waals surface area contributed by atoms with Gasteiger partial charge in [-0.3, -0.25) is 0 Å². The summed E-state index contributed by atoms with van der Waals surface area (Å²) < 4.78 is 5.32. The largest absolute Gasteiger partial charge is 0.462 e. The Balaban J connectivity index is 1.47. The number of rotatable bonds is 5. The zero-order valence-electron chi connectivity index (χ0n) is 9.59. The molecule has 2 saturated carbocycles. The van der Waals surface area contributed by atoms with E-state index in [0.29, 0.717) is 12.0 Å². The molecular weight excluding hydrogens is 234 g/mol. The van der Waals surface area contributed by atoms with Gasteiger partial charge in [0, 0.05) is 23.1 Å². The highest BCUT2D eigenvalue weighted by atomic mass is 32.1. The smallest absolute Gasteiger partial charge is 0.330 e. The molecule has 0 spiro atoms. The number of carbonyl (C=O) groups excluding carboxylic acids is 1. The Morgan fingerprint density at radius 2 is 2.41 bits per heavy atom. The molecule has 17 heavy (non-hydrogen) atoms. The third-order valence-electron chi connectivity index (χ3n) is 3.65. The molecule has 0 aromatic carbocycles. The second kappa shape index (κ2) is 4.26. The third kappa shape index (κ3) is 2.57. The standard InChI is InChI=1S/C13H15NO2S/c15-12(4-3-11-14-7-8-17-11)16-9-13(5-6-13)10-1-2-10/h3-4,7-8,10H,1-2,5-6,9H2/b4-3+. The van der Waals surface area contributed by atoms with Crippen molar-refractivity contribution in [2.45, 2.75) is 25.7 Å². The lowest BCUT2D eigenvalue weighted by molar-refractivity contribution is -0.139. The van der Waals surface area contributed by atoms with E-state index >= 15 is 0 Å². The Morgan fingerprint density at radius 1 is 1.59 bits per heavy atom. The molecule has 0 aliphatic heterocycles. The van der Waals surface area contributed by atoms with Crippen molar-refractivity contribution < 1.29 is 9.53 Å². The van der Waals surface area contributed by atoms with Crippen LogP contribution in [0.5, 0.6) is 0 Å². The van der Waals surface area contributed by atoms with E-state index in [1.54, 1.807) is 12.3 Å². The van der Waals surface area contributed by atoms with Crippen molar-refractivity contribution in [2.24, 2.45) is 11.3 Å². The molecule has 1 aromatic heterocycles.